The summed E-state index contributed by atoms with van der Waals surface area (Å²) in [6.45, 7) is 6.56. The first-order chi connectivity index (χ1) is 12.7. The molecule has 0 aliphatic heterocycles. The molecule has 5 heteroatoms. The van der Waals surface area contributed by atoms with Crippen LogP contribution in [0, 0.1) is 34.5 Å². The van der Waals surface area contributed by atoms with E-state index in [0.717, 1.165) is 44.9 Å². The number of fused-ring (bicyclic) bond motifs is 5. The molecule has 4 saturated carbocycles. The van der Waals surface area contributed by atoms with E-state index in [1.54, 1.807) is 0 Å². The van der Waals surface area contributed by atoms with Crippen LogP contribution in [0.15, 0.2) is 0 Å². The van der Waals surface area contributed by atoms with Crippen molar-refractivity contribution in [3.05, 3.63) is 0 Å². The third kappa shape index (κ3) is 3.02. The molecule has 0 spiro atoms. The maximum Gasteiger partial charge on any atom is 0.305 e. The van der Waals surface area contributed by atoms with Crippen LogP contribution in [0.5, 0.6) is 0 Å². The molecule has 4 aliphatic rings. The lowest BCUT2D eigenvalue weighted by Crippen LogP contribution is -2.59. The number of esters is 1. The highest BCUT2D eigenvalue weighted by atomic mass is 79.9. The minimum absolute atomic E-state index is 0.0570. The van der Waals surface area contributed by atoms with E-state index in [1.165, 1.54) is 0 Å². The maximum atomic E-state index is 12.0. The van der Waals surface area contributed by atoms with Gasteiger partial charge in [0.2, 0.25) is 0 Å². The molecule has 154 valence electrons. The molecule has 0 bridgehead atoms. The van der Waals surface area contributed by atoms with Gasteiger partial charge in [0, 0.05) is 11.8 Å². The van der Waals surface area contributed by atoms with Crippen molar-refractivity contribution in [1.82, 2.24) is 0 Å². The number of halogens is 1. The summed E-state index contributed by atoms with van der Waals surface area (Å²) in [5.41, 5.74) is 0.170. The summed E-state index contributed by atoms with van der Waals surface area (Å²) in [6.07, 6.45) is 6.56. The predicted molar refractivity (Wildman–Crippen MR) is 107 cm³/mol. The lowest BCUT2D eigenvalue weighted by molar-refractivity contribution is -0.184. The molecule has 0 heterocycles. The fraction of sp³-hybridized carbons (Fsp3) is 0.955. The van der Waals surface area contributed by atoms with Crippen LogP contribution in [0.1, 0.15) is 72.1 Å². The van der Waals surface area contributed by atoms with Crippen molar-refractivity contribution in [2.75, 3.05) is 0 Å². The topological polar surface area (TPSA) is 66.8 Å². The number of alkyl halides is 1. The molecule has 0 aromatic heterocycles. The van der Waals surface area contributed by atoms with Crippen LogP contribution in [0.2, 0.25) is 0 Å². The van der Waals surface area contributed by atoms with E-state index in [9.17, 15) is 15.0 Å². The quantitative estimate of drug-likeness (QED) is 0.499. The van der Waals surface area contributed by atoms with Gasteiger partial charge in [-0.05, 0) is 74.0 Å². The van der Waals surface area contributed by atoms with Gasteiger partial charge in [0.1, 0.15) is 6.10 Å². The van der Waals surface area contributed by atoms with Gasteiger partial charge in [0.25, 0.3) is 0 Å². The Kier molecular flexibility index (Phi) is 5.21. The predicted octanol–water partition coefficient (Wildman–Crippen LogP) is 4.06. The SMILES string of the molecule is CCC(=O)O[C@H]1[C@H](Br)CC2C3C(CC[C@@]21C)[C@@]1(C)CC[C@H](O)CC1C[C@@H]3O. The van der Waals surface area contributed by atoms with Crippen molar-refractivity contribution in [2.24, 2.45) is 34.5 Å². The van der Waals surface area contributed by atoms with Crippen LogP contribution < -0.4 is 0 Å². The van der Waals surface area contributed by atoms with Gasteiger partial charge >= 0.3 is 5.97 Å². The van der Waals surface area contributed by atoms with Gasteiger partial charge in [-0.1, -0.05) is 36.7 Å². The first-order valence-corrected chi connectivity index (χ1v) is 11.8. The standard InChI is InChI=1S/C22H35BrO4/c1-4-18(26)27-20-16(23)11-15-19-14(6-8-22(15,20)3)21(2)7-5-13(24)9-12(21)10-17(19)25/h12-17,19-20,24-25H,4-11H2,1-3H3/t12?,13-,14?,15?,16+,17-,19?,20-,21-,22-/m0/s1. The second-order valence-corrected chi connectivity index (χ2v) is 11.5. The van der Waals surface area contributed by atoms with Crippen molar-refractivity contribution in [2.45, 2.75) is 95.3 Å². The van der Waals surface area contributed by atoms with Gasteiger partial charge in [-0.25, -0.2) is 0 Å². The number of rotatable bonds is 2. The summed E-state index contributed by atoms with van der Waals surface area (Å²) in [4.78, 5) is 12.2. The minimum atomic E-state index is -0.302. The zero-order valence-corrected chi connectivity index (χ0v) is 18.5. The molecule has 27 heavy (non-hydrogen) atoms. The van der Waals surface area contributed by atoms with Crippen LogP contribution in [-0.2, 0) is 9.53 Å². The van der Waals surface area contributed by atoms with Crippen molar-refractivity contribution >= 4 is 21.9 Å². The van der Waals surface area contributed by atoms with Gasteiger partial charge in [0.05, 0.1) is 17.0 Å². The molecule has 2 N–H and O–H groups in total. The molecule has 0 radical (unpaired) electrons. The minimum Gasteiger partial charge on any atom is -0.461 e. The third-order valence-electron chi connectivity index (χ3n) is 9.10. The molecule has 10 atom stereocenters. The number of hydrogen-bond acceptors (Lipinski definition) is 4. The van der Waals surface area contributed by atoms with E-state index >= 15 is 0 Å². The number of aliphatic hydroxyl groups is 2. The number of ether oxygens (including phenoxy) is 1. The van der Waals surface area contributed by atoms with Crippen molar-refractivity contribution in [3.63, 3.8) is 0 Å². The zero-order valence-electron chi connectivity index (χ0n) is 16.9. The summed E-state index contributed by atoms with van der Waals surface area (Å²) in [5.74, 6) is 1.49. The Morgan fingerprint density at radius 1 is 1.07 bits per heavy atom. The second kappa shape index (κ2) is 6.98. The van der Waals surface area contributed by atoms with Crippen LogP contribution in [0.3, 0.4) is 0 Å². The molecule has 0 amide bonds. The molecule has 4 nitrogen and oxygen atoms in total. The van der Waals surface area contributed by atoms with E-state index in [1.807, 2.05) is 6.92 Å². The summed E-state index contributed by atoms with van der Waals surface area (Å²) >= 11 is 3.82. The van der Waals surface area contributed by atoms with E-state index < -0.39 is 0 Å². The summed E-state index contributed by atoms with van der Waals surface area (Å²) in [6, 6.07) is 0. The monoisotopic (exact) mass is 442 g/mol. The zero-order chi connectivity index (χ0) is 19.6. The number of carbonyl (C=O) groups excluding carboxylic acids is 1. The molecule has 0 aromatic rings. The Bertz CT molecular complexity index is 597. The Balaban J connectivity index is 1.63. The molecule has 4 fully saturated rings. The number of aliphatic hydroxyl groups excluding tert-OH is 2. The largest absolute Gasteiger partial charge is 0.461 e. The first kappa shape index (κ1) is 20.2. The average Bonchev–Trinajstić information content (AvgIpc) is 2.87. The Morgan fingerprint density at radius 2 is 1.78 bits per heavy atom. The molecule has 0 aromatic carbocycles. The molecule has 4 rings (SSSR count). The van der Waals surface area contributed by atoms with Gasteiger partial charge in [-0.3, -0.25) is 4.79 Å². The second-order valence-electron chi connectivity index (χ2n) is 10.3. The summed E-state index contributed by atoms with van der Waals surface area (Å²) < 4.78 is 5.91. The molecule has 4 aliphatic carbocycles. The van der Waals surface area contributed by atoms with Gasteiger partial charge in [-0.15, -0.1) is 0 Å². The molecular formula is C22H35BrO4. The van der Waals surface area contributed by atoms with Crippen molar-refractivity contribution in [3.8, 4) is 0 Å². The van der Waals surface area contributed by atoms with Crippen LogP contribution >= 0.6 is 15.9 Å². The third-order valence-corrected chi connectivity index (χ3v) is 9.95. The normalized spacial score (nSPS) is 54.6. The Hall–Kier alpha value is -0.130. The summed E-state index contributed by atoms with van der Waals surface area (Å²) in [7, 11) is 0. The average molecular weight is 443 g/mol. The highest BCUT2D eigenvalue weighted by Gasteiger charge is 2.65. The highest BCUT2D eigenvalue weighted by Crippen LogP contribution is 2.67. The number of hydrogen-bond donors (Lipinski definition) is 2. The first-order valence-electron chi connectivity index (χ1n) is 10.9. The van der Waals surface area contributed by atoms with Crippen LogP contribution in [0.25, 0.3) is 0 Å². The molecular weight excluding hydrogens is 408 g/mol. The van der Waals surface area contributed by atoms with E-state index in [-0.39, 0.29) is 45.9 Å². The fourth-order valence-electron chi connectivity index (χ4n) is 7.56. The lowest BCUT2D eigenvalue weighted by Gasteiger charge is -2.61. The Labute approximate surface area is 171 Å². The maximum absolute atomic E-state index is 12.0. The fourth-order valence-corrected chi connectivity index (χ4v) is 8.68. The Morgan fingerprint density at radius 3 is 2.48 bits per heavy atom. The van der Waals surface area contributed by atoms with Crippen molar-refractivity contribution in [1.29, 1.82) is 0 Å². The van der Waals surface area contributed by atoms with E-state index in [4.69, 9.17) is 4.74 Å². The lowest BCUT2D eigenvalue weighted by atomic mass is 9.44. The smallest absolute Gasteiger partial charge is 0.305 e. The molecule has 4 unspecified atom stereocenters. The van der Waals surface area contributed by atoms with Crippen LogP contribution in [-0.4, -0.2) is 39.3 Å². The van der Waals surface area contributed by atoms with E-state index in [0.29, 0.717) is 24.2 Å². The van der Waals surface area contributed by atoms with Crippen LogP contribution in [0.4, 0.5) is 0 Å². The number of carbonyl (C=O) groups is 1. The van der Waals surface area contributed by atoms with Gasteiger partial charge < -0.3 is 14.9 Å². The highest BCUT2D eigenvalue weighted by molar-refractivity contribution is 9.09. The summed E-state index contributed by atoms with van der Waals surface area (Å²) in [5, 5.41) is 21.4. The van der Waals surface area contributed by atoms with Crippen molar-refractivity contribution < 1.29 is 19.7 Å². The van der Waals surface area contributed by atoms with Gasteiger partial charge in [-0.2, -0.15) is 0 Å². The molecule has 0 saturated heterocycles. The van der Waals surface area contributed by atoms with Gasteiger partial charge in [0.15, 0.2) is 0 Å². The van der Waals surface area contributed by atoms with E-state index in [2.05, 4.69) is 29.8 Å².